The minimum atomic E-state index is -2.84. The molecule has 4 nitrogen and oxygen atoms in total. The Balaban J connectivity index is 1.77. The third-order valence-corrected chi connectivity index (χ3v) is 3.35. The van der Waals surface area contributed by atoms with E-state index in [1.807, 2.05) is 0 Å². The Bertz CT molecular complexity index is 750. The summed E-state index contributed by atoms with van der Waals surface area (Å²) in [6.45, 7) is 0.641. The summed E-state index contributed by atoms with van der Waals surface area (Å²) >= 11 is 0. The minimum Gasteiger partial charge on any atom is -0.285 e. The van der Waals surface area contributed by atoms with Crippen LogP contribution in [-0.4, -0.2) is 20.0 Å². The average molecular weight is 306 g/mol. The van der Waals surface area contributed by atoms with Gasteiger partial charge in [-0.05, 0) is 36.2 Å². The highest BCUT2D eigenvalue weighted by molar-refractivity contribution is 5.59. The second kappa shape index (κ2) is 6.05. The van der Waals surface area contributed by atoms with E-state index in [0.29, 0.717) is 17.8 Å². The summed E-state index contributed by atoms with van der Waals surface area (Å²) in [5.41, 5.74) is 1.46. The van der Waals surface area contributed by atoms with Crippen LogP contribution in [-0.2, 0) is 13.0 Å². The number of aromatic nitrogens is 4. The zero-order valence-electron chi connectivity index (χ0n) is 11.5. The number of nitrogens with zero attached hydrogens (tertiary/aromatic N) is 3. The average Bonchev–Trinajstić information content (AvgIpc) is 3.17. The summed E-state index contributed by atoms with van der Waals surface area (Å²) < 4.78 is 40.5. The van der Waals surface area contributed by atoms with Crippen molar-refractivity contribution in [2.24, 2.45) is 0 Å². The molecule has 0 spiro atoms. The lowest BCUT2D eigenvalue weighted by atomic mass is 10.1. The summed E-state index contributed by atoms with van der Waals surface area (Å²) in [7, 11) is 0. The Kier molecular flexibility index (Phi) is 3.95. The summed E-state index contributed by atoms with van der Waals surface area (Å²) in [5.74, 6) is -0.904. The molecule has 0 unspecified atom stereocenters. The topological polar surface area (TPSA) is 46.5 Å². The van der Waals surface area contributed by atoms with Crippen molar-refractivity contribution in [1.82, 2.24) is 20.0 Å². The molecular weight excluding hydrogens is 293 g/mol. The number of halogens is 3. The summed E-state index contributed by atoms with van der Waals surface area (Å²) in [6.07, 6.45) is 3.21. The second-order valence-corrected chi connectivity index (χ2v) is 4.86. The molecule has 2 heterocycles. The molecule has 1 aromatic carbocycles. The van der Waals surface area contributed by atoms with Gasteiger partial charge in [0.25, 0.3) is 6.43 Å². The van der Waals surface area contributed by atoms with Crippen LogP contribution in [0.4, 0.5) is 13.2 Å². The van der Waals surface area contributed by atoms with E-state index in [0.717, 1.165) is 24.1 Å². The van der Waals surface area contributed by atoms with E-state index in [1.54, 1.807) is 29.3 Å². The van der Waals surface area contributed by atoms with Crippen molar-refractivity contribution in [3.8, 4) is 11.3 Å². The van der Waals surface area contributed by atoms with Crippen molar-refractivity contribution in [1.29, 1.82) is 0 Å². The quantitative estimate of drug-likeness (QED) is 0.783. The van der Waals surface area contributed by atoms with Crippen LogP contribution >= 0.6 is 0 Å². The lowest BCUT2D eigenvalue weighted by Crippen LogP contribution is -2.01. The zero-order chi connectivity index (χ0) is 15.5. The Hall–Kier alpha value is -2.57. The van der Waals surface area contributed by atoms with Crippen LogP contribution in [0.1, 0.15) is 17.6 Å². The predicted octanol–water partition coefficient (Wildman–Crippen LogP) is 3.59. The van der Waals surface area contributed by atoms with Gasteiger partial charge in [0.05, 0.1) is 17.5 Å². The number of benzene rings is 1. The number of nitrogens with one attached hydrogen (secondary N) is 1. The zero-order valence-corrected chi connectivity index (χ0v) is 11.5. The van der Waals surface area contributed by atoms with Crippen molar-refractivity contribution in [3.63, 3.8) is 0 Å². The normalized spacial score (nSPS) is 11.3. The molecule has 3 rings (SSSR count). The van der Waals surface area contributed by atoms with Crippen molar-refractivity contribution in [3.05, 3.63) is 59.8 Å². The van der Waals surface area contributed by atoms with Gasteiger partial charge in [0.15, 0.2) is 0 Å². The molecule has 2 aromatic heterocycles. The molecule has 0 saturated heterocycles. The molecule has 1 N–H and O–H groups in total. The molecule has 114 valence electrons. The molecule has 0 radical (unpaired) electrons. The maximum atomic E-state index is 13.3. The number of aromatic amines is 1. The highest BCUT2D eigenvalue weighted by Gasteiger charge is 2.15. The summed E-state index contributed by atoms with van der Waals surface area (Å²) in [5, 5.41) is 10.9. The van der Waals surface area contributed by atoms with Crippen LogP contribution in [0, 0.1) is 5.82 Å². The smallest absolute Gasteiger partial charge is 0.266 e. The first-order chi connectivity index (χ1) is 10.6. The highest BCUT2D eigenvalue weighted by Crippen LogP contribution is 2.27. The molecule has 22 heavy (non-hydrogen) atoms. The molecule has 0 bridgehead atoms. The number of hydrogen-bond donors (Lipinski definition) is 1. The van der Waals surface area contributed by atoms with E-state index in [-0.39, 0.29) is 0 Å². The third-order valence-electron chi connectivity index (χ3n) is 3.35. The Morgan fingerprint density at radius 3 is 2.82 bits per heavy atom. The number of H-pyrrole nitrogens is 1. The van der Waals surface area contributed by atoms with Crippen LogP contribution in [0.2, 0.25) is 0 Å². The number of aryl methyl sites for hydroxylation is 2. The fraction of sp³-hybridized carbons (Fsp3) is 0.200. The molecule has 0 amide bonds. The van der Waals surface area contributed by atoms with Crippen molar-refractivity contribution in [2.75, 3.05) is 0 Å². The number of alkyl halides is 2. The monoisotopic (exact) mass is 306 g/mol. The predicted molar refractivity (Wildman–Crippen MR) is 74.9 cm³/mol. The Morgan fingerprint density at radius 1 is 1.23 bits per heavy atom. The molecule has 0 aliphatic heterocycles. The maximum absolute atomic E-state index is 13.3. The van der Waals surface area contributed by atoms with Gasteiger partial charge < -0.3 is 0 Å². The first-order valence-electron chi connectivity index (χ1n) is 6.72. The first-order valence-corrected chi connectivity index (χ1v) is 6.72. The van der Waals surface area contributed by atoms with Gasteiger partial charge in [-0.1, -0.05) is 0 Å². The lowest BCUT2D eigenvalue weighted by molar-refractivity contribution is 0.146. The SMILES string of the molecule is Fc1ccc(-c2ccn(CCc3cn[nH]c3)n2)cc1C(F)F. The van der Waals surface area contributed by atoms with Gasteiger partial charge in [-0.25, -0.2) is 13.2 Å². The van der Waals surface area contributed by atoms with Crippen LogP contribution in [0.5, 0.6) is 0 Å². The Labute approximate surface area is 124 Å². The lowest BCUT2D eigenvalue weighted by Gasteiger charge is -2.04. The Morgan fingerprint density at radius 2 is 2.09 bits per heavy atom. The minimum absolute atomic E-state index is 0.471. The van der Waals surface area contributed by atoms with E-state index in [4.69, 9.17) is 0 Å². The van der Waals surface area contributed by atoms with Gasteiger partial charge in [0.2, 0.25) is 0 Å². The van der Waals surface area contributed by atoms with E-state index < -0.39 is 17.8 Å². The van der Waals surface area contributed by atoms with E-state index in [2.05, 4.69) is 15.3 Å². The summed E-state index contributed by atoms with van der Waals surface area (Å²) in [6, 6.07) is 5.35. The largest absolute Gasteiger partial charge is 0.285 e. The van der Waals surface area contributed by atoms with Crippen LogP contribution in [0.25, 0.3) is 11.3 Å². The molecule has 0 saturated carbocycles. The molecular formula is C15H13F3N4. The summed E-state index contributed by atoms with van der Waals surface area (Å²) in [4.78, 5) is 0. The van der Waals surface area contributed by atoms with Gasteiger partial charge in [-0.3, -0.25) is 9.78 Å². The van der Waals surface area contributed by atoms with Gasteiger partial charge in [-0.2, -0.15) is 10.2 Å². The van der Waals surface area contributed by atoms with Crippen molar-refractivity contribution >= 4 is 0 Å². The number of hydrogen-bond acceptors (Lipinski definition) is 2. The van der Waals surface area contributed by atoms with E-state index in [1.165, 1.54) is 6.07 Å². The maximum Gasteiger partial charge on any atom is 0.266 e. The molecule has 0 aliphatic carbocycles. The van der Waals surface area contributed by atoms with E-state index in [9.17, 15) is 13.2 Å². The van der Waals surface area contributed by atoms with Gasteiger partial charge in [0.1, 0.15) is 5.82 Å². The third kappa shape index (κ3) is 3.03. The molecule has 0 atom stereocenters. The standard InChI is InChI=1S/C15H13F3N4/c16-13-2-1-11(7-12(13)15(17)18)14-4-6-22(21-14)5-3-10-8-19-20-9-10/h1-2,4,6-9,15H,3,5H2,(H,19,20). The second-order valence-electron chi connectivity index (χ2n) is 4.86. The van der Waals surface area contributed by atoms with Gasteiger partial charge >= 0.3 is 0 Å². The van der Waals surface area contributed by atoms with Crippen LogP contribution in [0.3, 0.4) is 0 Å². The van der Waals surface area contributed by atoms with Gasteiger partial charge in [-0.15, -0.1) is 0 Å². The van der Waals surface area contributed by atoms with Crippen molar-refractivity contribution < 1.29 is 13.2 Å². The highest BCUT2D eigenvalue weighted by atomic mass is 19.3. The molecule has 3 aromatic rings. The fourth-order valence-electron chi connectivity index (χ4n) is 2.17. The van der Waals surface area contributed by atoms with Crippen molar-refractivity contribution in [2.45, 2.75) is 19.4 Å². The van der Waals surface area contributed by atoms with E-state index >= 15 is 0 Å². The fourth-order valence-corrected chi connectivity index (χ4v) is 2.17. The van der Waals surface area contributed by atoms with Gasteiger partial charge in [0, 0.05) is 24.5 Å². The van der Waals surface area contributed by atoms with Crippen LogP contribution in [0.15, 0.2) is 42.9 Å². The molecule has 0 aliphatic rings. The van der Waals surface area contributed by atoms with Crippen LogP contribution < -0.4 is 0 Å². The molecule has 0 fully saturated rings. The first kappa shape index (κ1) is 14.4. The molecule has 7 heteroatoms. The number of rotatable bonds is 5.